The summed E-state index contributed by atoms with van der Waals surface area (Å²) in [5.41, 5.74) is 5.27. The molecule has 1 aliphatic rings. The number of amides is 1. The number of rotatable bonds is 5. The summed E-state index contributed by atoms with van der Waals surface area (Å²) in [6.07, 6.45) is 4.99. The van der Waals surface area contributed by atoms with E-state index in [1.165, 1.54) is 11.3 Å². The van der Waals surface area contributed by atoms with Crippen LogP contribution in [0.15, 0.2) is 0 Å². The smallest absolute Gasteiger partial charge is 0.237 e. The number of hydrogen-bond donors (Lipinski definition) is 1. The van der Waals surface area contributed by atoms with E-state index in [0.29, 0.717) is 16.3 Å². The average Bonchev–Trinajstić information content (AvgIpc) is 2.94. The maximum atomic E-state index is 11.2. The molecule has 1 aromatic rings. The fraction of sp³-hybridized carbons (Fsp3) is 0.545. The zero-order valence-electron chi connectivity index (χ0n) is 9.76. The van der Waals surface area contributed by atoms with Crippen molar-refractivity contribution in [1.29, 1.82) is 0 Å². The van der Waals surface area contributed by atoms with Gasteiger partial charge in [-0.1, -0.05) is 35.8 Å². The van der Waals surface area contributed by atoms with E-state index in [1.807, 2.05) is 4.90 Å². The van der Waals surface area contributed by atoms with Gasteiger partial charge in [0.05, 0.1) is 6.54 Å². The summed E-state index contributed by atoms with van der Waals surface area (Å²) < 4.78 is 0. The Morgan fingerprint density at radius 2 is 2.22 bits per heavy atom. The van der Waals surface area contributed by atoms with E-state index in [4.69, 9.17) is 17.3 Å². The fourth-order valence-electron chi connectivity index (χ4n) is 2.23. The van der Waals surface area contributed by atoms with Crippen molar-refractivity contribution < 1.29 is 9.59 Å². The molecule has 1 aliphatic carbocycles. The van der Waals surface area contributed by atoms with Gasteiger partial charge in [-0.25, -0.2) is 4.98 Å². The van der Waals surface area contributed by atoms with Crippen molar-refractivity contribution in [2.24, 2.45) is 5.73 Å². The van der Waals surface area contributed by atoms with E-state index in [-0.39, 0.29) is 17.7 Å². The first-order chi connectivity index (χ1) is 8.61. The summed E-state index contributed by atoms with van der Waals surface area (Å²) in [5.74, 6) is -0.402. The summed E-state index contributed by atoms with van der Waals surface area (Å²) in [7, 11) is 0. The summed E-state index contributed by atoms with van der Waals surface area (Å²) in [4.78, 5) is 28.4. The van der Waals surface area contributed by atoms with Crippen LogP contribution in [0.25, 0.3) is 0 Å². The Morgan fingerprint density at radius 3 is 2.72 bits per heavy atom. The van der Waals surface area contributed by atoms with Crippen molar-refractivity contribution in [1.82, 2.24) is 4.98 Å². The summed E-state index contributed by atoms with van der Waals surface area (Å²) >= 11 is 7.06. The van der Waals surface area contributed by atoms with Crippen LogP contribution in [-0.2, 0) is 4.79 Å². The third-order valence-corrected chi connectivity index (χ3v) is 4.46. The van der Waals surface area contributed by atoms with Gasteiger partial charge in [-0.15, -0.1) is 0 Å². The molecule has 1 aromatic heterocycles. The van der Waals surface area contributed by atoms with Crippen molar-refractivity contribution >= 4 is 40.3 Å². The highest BCUT2D eigenvalue weighted by molar-refractivity contribution is 7.17. The number of aldehydes is 1. The summed E-state index contributed by atoms with van der Waals surface area (Å²) in [6.45, 7) is 0.118. The highest BCUT2D eigenvalue weighted by Crippen LogP contribution is 2.33. The van der Waals surface area contributed by atoms with Crippen LogP contribution in [0.3, 0.4) is 0 Å². The van der Waals surface area contributed by atoms with E-state index in [2.05, 4.69) is 4.98 Å². The number of thiazole rings is 1. The zero-order valence-corrected chi connectivity index (χ0v) is 11.3. The standard InChI is InChI=1S/C11H14ClN3O2S/c12-10-8(6-16)18-11(14-10)15(5-9(13)17)7-3-1-2-4-7/h6-7H,1-5H2,(H2,13,17). The molecular weight excluding hydrogens is 274 g/mol. The number of carbonyl (C=O) groups excluding carboxylic acids is 2. The van der Waals surface area contributed by atoms with Crippen molar-refractivity contribution in [2.75, 3.05) is 11.4 Å². The maximum Gasteiger partial charge on any atom is 0.237 e. The minimum Gasteiger partial charge on any atom is -0.368 e. The Kier molecular flexibility index (Phi) is 4.19. The molecular formula is C11H14ClN3O2S. The van der Waals surface area contributed by atoms with Gasteiger partial charge in [0, 0.05) is 6.04 Å². The number of nitrogens with zero attached hydrogens (tertiary/aromatic N) is 2. The lowest BCUT2D eigenvalue weighted by Gasteiger charge is -2.26. The van der Waals surface area contributed by atoms with Crippen LogP contribution >= 0.6 is 22.9 Å². The fourth-order valence-corrected chi connectivity index (χ4v) is 3.37. The molecule has 18 heavy (non-hydrogen) atoms. The van der Waals surface area contributed by atoms with E-state index in [0.717, 1.165) is 25.7 Å². The van der Waals surface area contributed by atoms with Crippen molar-refractivity contribution in [3.8, 4) is 0 Å². The monoisotopic (exact) mass is 287 g/mol. The number of carbonyl (C=O) groups is 2. The number of nitrogens with two attached hydrogens (primary N) is 1. The van der Waals surface area contributed by atoms with Gasteiger partial charge < -0.3 is 10.6 Å². The first kappa shape index (κ1) is 13.3. The first-order valence-corrected chi connectivity index (χ1v) is 6.97. The normalized spacial score (nSPS) is 15.8. The molecule has 0 bridgehead atoms. The van der Waals surface area contributed by atoms with Crippen LogP contribution in [0.1, 0.15) is 35.4 Å². The predicted octanol–water partition coefficient (Wildman–Crippen LogP) is 1.84. The predicted molar refractivity (Wildman–Crippen MR) is 71.3 cm³/mol. The molecule has 0 unspecified atom stereocenters. The van der Waals surface area contributed by atoms with E-state index in [9.17, 15) is 9.59 Å². The van der Waals surface area contributed by atoms with Crippen LogP contribution < -0.4 is 10.6 Å². The minimum atomic E-state index is -0.402. The molecule has 1 heterocycles. The number of aromatic nitrogens is 1. The van der Waals surface area contributed by atoms with Gasteiger partial charge in [0.15, 0.2) is 16.6 Å². The number of primary amides is 1. The van der Waals surface area contributed by atoms with Gasteiger partial charge in [0.25, 0.3) is 0 Å². The Balaban J connectivity index is 2.25. The minimum absolute atomic E-state index is 0.118. The van der Waals surface area contributed by atoms with Crippen LogP contribution in [0, 0.1) is 0 Å². The molecule has 2 rings (SSSR count). The lowest BCUT2D eigenvalue weighted by Crippen LogP contribution is -2.40. The molecule has 1 amide bonds. The van der Waals surface area contributed by atoms with Crippen molar-refractivity contribution in [3.63, 3.8) is 0 Å². The summed E-state index contributed by atoms with van der Waals surface area (Å²) in [5, 5.41) is 0.797. The van der Waals surface area contributed by atoms with Crippen molar-refractivity contribution in [2.45, 2.75) is 31.7 Å². The molecule has 1 saturated carbocycles. The molecule has 0 aromatic carbocycles. The number of anilines is 1. The first-order valence-electron chi connectivity index (χ1n) is 5.78. The van der Waals surface area contributed by atoms with Crippen LogP contribution in [0.2, 0.25) is 5.15 Å². The topological polar surface area (TPSA) is 76.3 Å². The third-order valence-electron chi connectivity index (χ3n) is 3.04. The molecule has 0 spiro atoms. The Labute approximate surface area is 114 Å². The molecule has 0 atom stereocenters. The molecule has 5 nitrogen and oxygen atoms in total. The second kappa shape index (κ2) is 5.67. The quantitative estimate of drug-likeness (QED) is 0.839. The SMILES string of the molecule is NC(=O)CN(c1nc(Cl)c(C=O)s1)C1CCCC1. The van der Waals surface area contributed by atoms with Crippen LogP contribution in [-0.4, -0.2) is 29.8 Å². The molecule has 1 fully saturated rings. The second-order valence-corrected chi connectivity index (χ2v) is 5.67. The van der Waals surface area contributed by atoms with Crippen LogP contribution in [0.5, 0.6) is 0 Å². The summed E-state index contributed by atoms with van der Waals surface area (Å²) in [6, 6.07) is 0.263. The van der Waals surface area contributed by atoms with Gasteiger partial charge in [0.1, 0.15) is 4.88 Å². The Hall–Kier alpha value is -1.14. The molecule has 2 N–H and O–H groups in total. The molecule has 7 heteroatoms. The van der Waals surface area contributed by atoms with Crippen molar-refractivity contribution in [3.05, 3.63) is 10.0 Å². The average molecular weight is 288 g/mol. The molecule has 0 radical (unpaired) electrons. The van der Waals surface area contributed by atoms with Crippen LogP contribution in [0.4, 0.5) is 5.13 Å². The molecule has 98 valence electrons. The van der Waals surface area contributed by atoms with E-state index < -0.39 is 5.91 Å². The molecule has 0 aliphatic heterocycles. The maximum absolute atomic E-state index is 11.2. The number of hydrogen-bond acceptors (Lipinski definition) is 5. The van der Waals surface area contributed by atoms with Gasteiger partial charge in [-0.05, 0) is 12.8 Å². The zero-order chi connectivity index (χ0) is 13.1. The van der Waals surface area contributed by atoms with E-state index in [1.54, 1.807) is 0 Å². The Bertz CT molecular complexity index is 457. The van der Waals surface area contributed by atoms with Gasteiger partial charge in [0.2, 0.25) is 5.91 Å². The third kappa shape index (κ3) is 2.81. The lowest BCUT2D eigenvalue weighted by atomic mass is 10.2. The van der Waals surface area contributed by atoms with Gasteiger partial charge in [-0.2, -0.15) is 0 Å². The van der Waals surface area contributed by atoms with E-state index >= 15 is 0 Å². The Morgan fingerprint density at radius 1 is 1.56 bits per heavy atom. The largest absolute Gasteiger partial charge is 0.368 e. The molecule has 0 saturated heterocycles. The highest BCUT2D eigenvalue weighted by atomic mass is 35.5. The lowest BCUT2D eigenvalue weighted by molar-refractivity contribution is -0.116. The second-order valence-electron chi connectivity index (χ2n) is 4.30. The van der Waals surface area contributed by atoms with Gasteiger partial charge >= 0.3 is 0 Å². The highest BCUT2D eigenvalue weighted by Gasteiger charge is 2.27. The number of halogens is 1. The van der Waals surface area contributed by atoms with Gasteiger partial charge in [-0.3, -0.25) is 9.59 Å².